The van der Waals surface area contributed by atoms with E-state index in [-0.39, 0.29) is 184 Å². The van der Waals surface area contributed by atoms with E-state index in [0.29, 0.717) is 31.2 Å². The maximum absolute atomic E-state index is 14.9. The number of carbonyl (C=O) groups is 11. The minimum atomic E-state index is -1.57. The summed E-state index contributed by atoms with van der Waals surface area (Å²) in [5.74, 6) is -11.7. The zero-order valence-corrected chi connectivity index (χ0v) is 59.0. The summed E-state index contributed by atoms with van der Waals surface area (Å²) >= 11 is 0. The quantitative estimate of drug-likeness (QED) is 0.0164. The molecule has 10 amide bonds. The number of unbranched alkanes of at least 4 members (excludes halogenated alkanes) is 2. The topological polar surface area (TPSA) is 760 Å². The Morgan fingerprint density at radius 3 is 1.06 bits per heavy atom. The van der Waals surface area contributed by atoms with Crippen LogP contribution >= 0.6 is 0 Å². The van der Waals surface area contributed by atoms with Crippen LogP contribution in [0.25, 0.3) is 0 Å². The minimum Gasteiger partial charge on any atom is -0.508 e. The van der Waals surface area contributed by atoms with Crippen molar-refractivity contribution in [3.8, 4) is 5.75 Å². The van der Waals surface area contributed by atoms with E-state index in [2.05, 4.69) is 72.8 Å². The summed E-state index contributed by atoms with van der Waals surface area (Å²) in [7, 11) is 0. The van der Waals surface area contributed by atoms with Gasteiger partial charge in [-0.25, -0.2) is 0 Å². The number of aliphatic hydroxyl groups excluding tert-OH is 1. The highest BCUT2D eigenvalue weighted by molar-refractivity contribution is 5.99. The number of aliphatic imine (C=N–C) groups is 5. The summed E-state index contributed by atoms with van der Waals surface area (Å²) in [4.78, 5) is 176. The first kappa shape index (κ1) is 89.5. The Morgan fingerprint density at radius 2 is 0.750 bits per heavy atom. The molecular formula is C62H112N28O14. The molecule has 2 rings (SSSR count). The monoisotopic (exact) mass is 1470 g/mol. The average molecular weight is 1470 g/mol. The number of aliphatic hydroxyl groups is 1. The number of phenolic OH excluding ortho intramolecular Hbond substituents is 1. The zero-order valence-electron chi connectivity index (χ0n) is 59.0. The average Bonchev–Trinajstić information content (AvgIpc) is 1.65. The largest absolute Gasteiger partial charge is 0.508 e. The zero-order chi connectivity index (χ0) is 77.8. The molecule has 1 aliphatic rings. The lowest BCUT2D eigenvalue weighted by molar-refractivity contribution is -0.142. The second-order valence-corrected chi connectivity index (χ2v) is 24.7. The molecule has 11 atom stereocenters. The molecule has 1 aromatic rings. The standard InChI is InChI=1S/C62H112N28O14/c1-34(91)47(65)57(104)90-31-11-19-45(90)56(103)88-43(18-10-30-80-62(74)75)54(101)89-44(32-35-20-22-36(92)23-21-35)55(102)87-42(17-9-29-79-61(72)73)53(100)86-41(16-8-28-78-60(70)71)52(99)85-40(15-7-27-77-59(68)69)51(98)84-39(13-3-5-25-64)50(97)83-38(12-2-4-24-63)49(96)82-37(14-6-26-76-58(66)67)48(95)81-33-46(93)94/h20-23,34,37-45,47,91-92H,2-19,24-33,63-65H2,1H3,(H,81,95)(H,82,96)(H,83,97)(H,84,98)(H,85,99)(H,86,100)(H,87,102)(H,88,103)(H,89,101)(H,93,94)(H4,66,67,76)(H4,68,69,77)(H4,70,71,78)(H4,72,73,79)(H4,74,75,80)/t34-,37+,38+,39+,40+,41+,42+,43+,44+,45+,47+/m1/s1. The lowest BCUT2D eigenvalue weighted by atomic mass is 10.0. The highest BCUT2D eigenvalue weighted by Gasteiger charge is 2.40. The van der Waals surface area contributed by atoms with Crippen molar-refractivity contribution >= 4 is 94.8 Å². The predicted octanol–water partition coefficient (Wildman–Crippen LogP) is -9.76. The van der Waals surface area contributed by atoms with Gasteiger partial charge in [-0.05, 0) is 153 Å². The first-order chi connectivity index (χ1) is 49.3. The highest BCUT2D eigenvalue weighted by Crippen LogP contribution is 2.21. The molecule has 0 radical (unpaired) electrons. The Labute approximate surface area is 603 Å². The molecule has 38 N–H and O–H groups in total. The van der Waals surface area contributed by atoms with E-state index in [1.807, 2.05) is 0 Å². The molecule has 0 aliphatic carbocycles. The van der Waals surface area contributed by atoms with Crippen LogP contribution in [0.5, 0.6) is 5.75 Å². The van der Waals surface area contributed by atoms with Crippen molar-refractivity contribution in [3.05, 3.63) is 29.8 Å². The van der Waals surface area contributed by atoms with Crippen LogP contribution in [-0.2, 0) is 59.2 Å². The molecule has 1 aromatic carbocycles. The fourth-order valence-corrected chi connectivity index (χ4v) is 10.6. The number of hydrogen-bond acceptors (Lipinski definition) is 21. The number of nitrogens with two attached hydrogens (primary N) is 13. The molecule has 584 valence electrons. The van der Waals surface area contributed by atoms with Crippen LogP contribution < -0.4 is 122 Å². The summed E-state index contributed by atoms with van der Waals surface area (Å²) in [5.41, 5.74) is 73.7. The van der Waals surface area contributed by atoms with Crippen molar-refractivity contribution < 1.29 is 68.1 Å². The van der Waals surface area contributed by atoms with Crippen molar-refractivity contribution in [2.24, 2.45) is 99.5 Å². The fraction of sp³-hybridized carbons (Fsp3) is 0.645. The van der Waals surface area contributed by atoms with Gasteiger partial charge >= 0.3 is 5.97 Å². The first-order valence-electron chi connectivity index (χ1n) is 34.4. The maximum Gasteiger partial charge on any atom is 0.322 e. The molecule has 1 fully saturated rings. The molecule has 0 bridgehead atoms. The molecule has 1 heterocycles. The van der Waals surface area contributed by atoms with E-state index in [4.69, 9.17) is 74.5 Å². The summed E-state index contributed by atoms with van der Waals surface area (Å²) in [6, 6.07) is -8.62. The number of rotatable bonds is 51. The van der Waals surface area contributed by atoms with Crippen LogP contribution in [0.4, 0.5) is 0 Å². The van der Waals surface area contributed by atoms with Crippen LogP contribution in [-0.4, -0.2) is 240 Å². The molecular weight excluding hydrogens is 1360 g/mol. The smallest absolute Gasteiger partial charge is 0.322 e. The van der Waals surface area contributed by atoms with E-state index in [0.717, 1.165) is 0 Å². The van der Waals surface area contributed by atoms with Crippen molar-refractivity contribution in [2.75, 3.05) is 58.9 Å². The maximum atomic E-state index is 14.9. The molecule has 0 saturated carbocycles. The Hall–Kier alpha value is -10.6. The third kappa shape index (κ3) is 36.3. The van der Waals surface area contributed by atoms with Gasteiger partial charge in [0.15, 0.2) is 29.8 Å². The Kier molecular flexibility index (Phi) is 42.2. The van der Waals surface area contributed by atoms with Crippen molar-refractivity contribution in [1.82, 2.24) is 52.8 Å². The Bertz CT molecular complexity index is 3080. The van der Waals surface area contributed by atoms with Gasteiger partial charge in [0.05, 0.1) is 6.10 Å². The lowest BCUT2D eigenvalue weighted by Crippen LogP contribution is -2.61. The summed E-state index contributed by atoms with van der Waals surface area (Å²) in [6.45, 7) is 0.897. The van der Waals surface area contributed by atoms with E-state index >= 15 is 0 Å². The van der Waals surface area contributed by atoms with E-state index in [9.17, 15) is 68.1 Å². The number of guanidine groups is 5. The molecule has 0 spiro atoms. The molecule has 1 aliphatic heterocycles. The van der Waals surface area contributed by atoms with Gasteiger partial charge in [-0.2, -0.15) is 0 Å². The second-order valence-electron chi connectivity index (χ2n) is 24.7. The Balaban J connectivity index is 2.74. The van der Waals surface area contributed by atoms with Gasteiger partial charge in [0.1, 0.15) is 72.7 Å². The van der Waals surface area contributed by atoms with Crippen LogP contribution in [0.1, 0.15) is 128 Å². The number of carboxylic acid groups (broad SMARTS) is 1. The van der Waals surface area contributed by atoms with Crippen LogP contribution in [0.15, 0.2) is 49.2 Å². The number of benzene rings is 1. The van der Waals surface area contributed by atoms with Gasteiger partial charge in [-0.1, -0.05) is 12.1 Å². The van der Waals surface area contributed by atoms with Gasteiger partial charge in [-0.15, -0.1) is 0 Å². The molecule has 42 heteroatoms. The van der Waals surface area contributed by atoms with Crippen molar-refractivity contribution in [2.45, 2.75) is 195 Å². The molecule has 42 nitrogen and oxygen atoms in total. The number of amides is 10. The number of carboxylic acids is 1. The van der Waals surface area contributed by atoms with Crippen LogP contribution in [0.2, 0.25) is 0 Å². The molecule has 1 saturated heterocycles. The van der Waals surface area contributed by atoms with Gasteiger partial charge in [-0.3, -0.25) is 77.7 Å². The van der Waals surface area contributed by atoms with Gasteiger partial charge < -0.3 is 143 Å². The number of nitrogens with zero attached hydrogens (tertiary/aromatic N) is 6. The van der Waals surface area contributed by atoms with Crippen LogP contribution in [0.3, 0.4) is 0 Å². The Morgan fingerprint density at radius 1 is 0.452 bits per heavy atom. The third-order valence-electron chi connectivity index (χ3n) is 16.1. The number of hydrogen-bond donors (Lipinski definition) is 25. The number of likely N-dealkylation sites (tertiary alicyclic amines) is 1. The fourth-order valence-electron chi connectivity index (χ4n) is 10.6. The lowest BCUT2D eigenvalue weighted by Gasteiger charge is -2.30. The number of nitrogens with one attached hydrogen (secondary N) is 9. The van der Waals surface area contributed by atoms with Gasteiger partial charge in [0.25, 0.3) is 0 Å². The highest BCUT2D eigenvalue weighted by atomic mass is 16.4. The molecule has 104 heavy (non-hydrogen) atoms. The SMILES string of the molecule is C[C@@H](O)[C@H](N)C(=O)N1CCC[C@H]1C(=O)N[C@@H](CCCN=C(N)N)C(=O)N[C@@H](Cc1ccc(O)cc1)C(=O)N[C@@H](CCCN=C(N)N)C(=O)N[C@@H](CCCN=C(N)N)C(=O)N[C@@H](CCCN=C(N)N)C(=O)N[C@@H](CCCCN)C(=O)N[C@@H](CCCCN)C(=O)N[C@@H](CCCN=C(N)N)C(=O)NCC(=O)O. The summed E-state index contributed by atoms with van der Waals surface area (Å²) < 4.78 is 0. The molecule has 0 aromatic heterocycles. The normalized spacial score (nSPS) is 15.2. The second kappa shape index (κ2) is 49.1. The van der Waals surface area contributed by atoms with Gasteiger partial charge in [0.2, 0.25) is 59.1 Å². The van der Waals surface area contributed by atoms with Crippen LogP contribution in [0, 0.1) is 0 Å². The minimum absolute atomic E-state index is 0.00231. The van der Waals surface area contributed by atoms with E-state index in [1.165, 1.54) is 36.1 Å². The summed E-state index contributed by atoms with van der Waals surface area (Å²) in [6.07, 6.45) is -0.236. The van der Waals surface area contributed by atoms with E-state index < -0.39 is 138 Å². The number of phenols is 1. The van der Waals surface area contributed by atoms with E-state index in [1.54, 1.807) is 0 Å². The number of carbonyl (C=O) groups excluding carboxylic acids is 10. The third-order valence-corrected chi connectivity index (χ3v) is 16.1. The predicted molar refractivity (Wildman–Crippen MR) is 388 cm³/mol. The first-order valence-corrected chi connectivity index (χ1v) is 34.4. The van der Waals surface area contributed by atoms with Gasteiger partial charge in [0, 0.05) is 45.7 Å². The number of aromatic hydroxyl groups is 1. The summed E-state index contributed by atoms with van der Waals surface area (Å²) in [5, 5.41) is 53.1. The van der Waals surface area contributed by atoms with Crippen molar-refractivity contribution in [1.29, 1.82) is 0 Å². The number of aliphatic carboxylic acids is 1. The van der Waals surface area contributed by atoms with Crippen molar-refractivity contribution in [3.63, 3.8) is 0 Å². The molecule has 0 unspecified atom stereocenters.